The van der Waals surface area contributed by atoms with Crippen LogP contribution in [0.15, 0.2) is 47.5 Å². The molecule has 0 aromatic heterocycles. The maximum atomic E-state index is 13.4. The normalized spacial score (nSPS) is 10.8. The highest BCUT2D eigenvalue weighted by atomic mass is 127. The standard InChI is InChI=1S/C20H25FN4O2.HI/c1-3-23-20(25-13-15-7-8-18(26)17(21)12-15)24-10-9-14-5-4-6-16(11-14)19(27)22-2;/h4-8,11-12,26H,3,9-10,13H2,1-2H3,(H,22,27)(H2,23,24,25);1H. The molecule has 0 unspecified atom stereocenters. The Morgan fingerprint density at radius 3 is 2.61 bits per heavy atom. The molecular weight excluding hydrogens is 474 g/mol. The van der Waals surface area contributed by atoms with Crippen LogP contribution in [0.25, 0.3) is 0 Å². The molecule has 0 spiro atoms. The third kappa shape index (κ3) is 7.34. The summed E-state index contributed by atoms with van der Waals surface area (Å²) >= 11 is 0. The van der Waals surface area contributed by atoms with Gasteiger partial charge in [0.2, 0.25) is 0 Å². The van der Waals surface area contributed by atoms with Crippen molar-refractivity contribution in [1.82, 2.24) is 16.0 Å². The highest BCUT2D eigenvalue weighted by molar-refractivity contribution is 14.0. The zero-order chi connectivity index (χ0) is 19.6. The fraction of sp³-hybridized carbons (Fsp3) is 0.300. The average Bonchev–Trinajstić information content (AvgIpc) is 2.68. The van der Waals surface area contributed by atoms with Crippen LogP contribution in [-0.4, -0.2) is 37.1 Å². The summed E-state index contributed by atoms with van der Waals surface area (Å²) in [5, 5.41) is 18.2. The molecule has 0 radical (unpaired) electrons. The smallest absolute Gasteiger partial charge is 0.251 e. The van der Waals surface area contributed by atoms with Gasteiger partial charge >= 0.3 is 0 Å². The van der Waals surface area contributed by atoms with E-state index in [0.29, 0.717) is 36.7 Å². The molecule has 2 aromatic carbocycles. The number of nitrogens with one attached hydrogen (secondary N) is 3. The lowest BCUT2D eigenvalue weighted by atomic mass is 10.1. The molecular formula is C20H26FIN4O2. The van der Waals surface area contributed by atoms with E-state index in [4.69, 9.17) is 0 Å². The zero-order valence-corrected chi connectivity index (χ0v) is 18.3. The molecule has 0 saturated heterocycles. The molecule has 1 amide bonds. The number of halogens is 2. The number of nitrogens with zero attached hydrogens (tertiary/aromatic N) is 1. The highest BCUT2D eigenvalue weighted by Crippen LogP contribution is 2.16. The fourth-order valence-corrected chi connectivity index (χ4v) is 2.50. The van der Waals surface area contributed by atoms with Gasteiger partial charge in [-0.3, -0.25) is 4.79 Å². The van der Waals surface area contributed by atoms with E-state index in [-0.39, 0.29) is 35.6 Å². The minimum atomic E-state index is -0.656. The lowest BCUT2D eigenvalue weighted by Gasteiger charge is -2.12. The molecule has 0 aliphatic rings. The molecule has 0 aliphatic heterocycles. The molecule has 0 bridgehead atoms. The molecule has 0 saturated carbocycles. The predicted molar refractivity (Wildman–Crippen MR) is 120 cm³/mol. The third-order valence-electron chi connectivity index (χ3n) is 3.90. The number of phenolic OH excluding ortho intramolecular Hbond substituents is 1. The van der Waals surface area contributed by atoms with Gasteiger partial charge < -0.3 is 21.1 Å². The number of benzene rings is 2. The Morgan fingerprint density at radius 1 is 1.14 bits per heavy atom. The number of carbonyl (C=O) groups excluding carboxylic acids is 1. The number of rotatable bonds is 7. The maximum Gasteiger partial charge on any atom is 0.251 e. The van der Waals surface area contributed by atoms with E-state index in [0.717, 1.165) is 12.0 Å². The van der Waals surface area contributed by atoms with Gasteiger partial charge in [-0.25, -0.2) is 9.38 Å². The second kappa shape index (κ2) is 12.2. The van der Waals surface area contributed by atoms with Crippen molar-refractivity contribution >= 4 is 35.8 Å². The molecule has 0 atom stereocenters. The summed E-state index contributed by atoms with van der Waals surface area (Å²) in [5.41, 5.74) is 2.34. The van der Waals surface area contributed by atoms with Crippen molar-refractivity contribution in [3.63, 3.8) is 0 Å². The van der Waals surface area contributed by atoms with Gasteiger partial charge in [0.1, 0.15) is 0 Å². The van der Waals surface area contributed by atoms with Gasteiger partial charge in [-0.05, 0) is 48.7 Å². The summed E-state index contributed by atoms with van der Waals surface area (Å²) in [4.78, 5) is 16.1. The summed E-state index contributed by atoms with van der Waals surface area (Å²) in [6, 6.07) is 11.7. The first-order valence-electron chi connectivity index (χ1n) is 8.84. The van der Waals surface area contributed by atoms with E-state index in [1.165, 1.54) is 12.1 Å². The number of aromatic hydroxyl groups is 1. The third-order valence-corrected chi connectivity index (χ3v) is 3.90. The van der Waals surface area contributed by atoms with Crippen LogP contribution in [0.1, 0.15) is 28.4 Å². The van der Waals surface area contributed by atoms with E-state index >= 15 is 0 Å². The van der Waals surface area contributed by atoms with Crippen molar-refractivity contribution in [3.05, 3.63) is 65.0 Å². The lowest BCUT2D eigenvalue weighted by molar-refractivity contribution is 0.0963. The number of amides is 1. The topological polar surface area (TPSA) is 85.8 Å². The van der Waals surface area contributed by atoms with Crippen LogP contribution in [0.3, 0.4) is 0 Å². The number of phenols is 1. The van der Waals surface area contributed by atoms with Crippen molar-refractivity contribution < 1.29 is 14.3 Å². The molecule has 6 nitrogen and oxygen atoms in total. The Morgan fingerprint density at radius 2 is 1.93 bits per heavy atom. The summed E-state index contributed by atoms with van der Waals surface area (Å²) in [6.45, 7) is 3.58. The van der Waals surface area contributed by atoms with Gasteiger partial charge in [-0.1, -0.05) is 18.2 Å². The molecule has 8 heteroatoms. The summed E-state index contributed by atoms with van der Waals surface area (Å²) in [7, 11) is 1.61. The van der Waals surface area contributed by atoms with Crippen molar-refractivity contribution in [2.75, 3.05) is 20.1 Å². The molecule has 4 N–H and O–H groups in total. The van der Waals surface area contributed by atoms with Crippen LogP contribution in [0.5, 0.6) is 5.75 Å². The van der Waals surface area contributed by atoms with Gasteiger partial charge in [0, 0.05) is 25.7 Å². The Bertz CT molecular complexity index is 815. The minimum Gasteiger partial charge on any atom is -0.505 e. The van der Waals surface area contributed by atoms with E-state index in [9.17, 15) is 14.3 Å². The average molecular weight is 500 g/mol. The lowest BCUT2D eigenvalue weighted by Crippen LogP contribution is -2.38. The van der Waals surface area contributed by atoms with Gasteiger partial charge in [0.25, 0.3) is 5.91 Å². The first-order valence-corrected chi connectivity index (χ1v) is 8.84. The Balaban J connectivity index is 0.00000392. The van der Waals surface area contributed by atoms with Crippen molar-refractivity contribution in [1.29, 1.82) is 0 Å². The maximum absolute atomic E-state index is 13.4. The Kier molecular flexibility index (Phi) is 10.3. The van der Waals surface area contributed by atoms with Crippen LogP contribution in [-0.2, 0) is 13.0 Å². The van der Waals surface area contributed by atoms with Gasteiger partial charge in [-0.15, -0.1) is 24.0 Å². The van der Waals surface area contributed by atoms with Crippen LogP contribution in [0, 0.1) is 5.82 Å². The number of hydrogen-bond acceptors (Lipinski definition) is 3. The van der Waals surface area contributed by atoms with Gasteiger partial charge in [-0.2, -0.15) is 0 Å². The first-order chi connectivity index (χ1) is 13.0. The Labute approximate surface area is 181 Å². The highest BCUT2D eigenvalue weighted by Gasteiger charge is 2.05. The van der Waals surface area contributed by atoms with E-state index in [1.807, 2.05) is 25.1 Å². The zero-order valence-electron chi connectivity index (χ0n) is 16.0. The van der Waals surface area contributed by atoms with Crippen LogP contribution >= 0.6 is 24.0 Å². The number of guanidine groups is 1. The van der Waals surface area contributed by atoms with Crippen molar-refractivity contribution in [3.8, 4) is 5.75 Å². The molecule has 2 rings (SSSR count). The van der Waals surface area contributed by atoms with Crippen molar-refractivity contribution in [2.24, 2.45) is 4.99 Å². The molecule has 2 aromatic rings. The number of carbonyl (C=O) groups is 1. The molecule has 0 fully saturated rings. The monoisotopic (exact) mass is 500 g/mol. The Hall–Kier alpha value is -2.36. The molecule has 28 heavy (non-hydrogen) atoms. The summed E-state index contributed by atoms with van der Waals surface area (Å²) in [6.07, 6.45) is 0.725. The molecule has 0 heterocycles. The largest absolute Gasteiger partial charge is 0.505 e. The van der Waals surface area contributed by atoms with Crippen LogP contribution < -0.4 is 16.0 Å². The summed E-state index contributed by atoms with van der Waals surface area (Å²) in [5.74, 6) is -0.516. The quantitative estimate of drug-likeness (QED) is 0.268. The fourth-order valence-electron chi connectivity index (χ4n) is 2.50. The molecule has 152 valence electrons. The van der Waals surface area contributed by atoms with Gasteiger partial charge in [0.05, 0.1) is 6.54 Å². The van der Waals surface area contributed by atoms with Gasteiger partial charge in [0.15, 0.2) is 17.5 Å². The van der Waals surface area contributed by atoms with Crippen LogP contribution in [0.2, 0.25) is 0 Å². The second-order valence-corrected chi connectivity index (χ2v) is 5.94. The predicted octanol–water partition coefficient (Wildman–Crippen LogP) is 2.81. The van der Waals surface area contributed by atoms with E-state index < -0.39 is 5.82 Å². The minimum absolute atomic E-state index is 0. The van der Waals surface area contributed by atoms with E-state index in [1.54, 1.807) is 19.2 Å². The number of aliphatic imine (C=N–C) groups is 1. The first kappa shape index (κ1) is 23.7. The second-order valence-electron chi connectivity index (χ2n) is 5.94. The SMILES string of the molecule is CCNC(=NCc1ccc(O)c(F)c1)NCCc1cccc(C(=O)NC)c1.I. The molecule has 0 aliphatic carbocycles. The summed E-state index contributed by atoms with van der Waals surface area (Å²) < 4.78 is 13.4. The van der Waals surface area contributed by atoms with Crippen molar-refractivity contribution in [2.45, 2.75) is 19.9 Å². The van der Waals surface area contributed by atoms with E-state index in [2.05, 4.69) is 20.9 Å². The number of hydrogen-bond donors (Lipinski definition) is 4. The van der Waals surface area contributed by atoms with Crippen LogP contribution in [0.4, 0.5) is 4.39 Å².